The van der Waals surface area contributed by atoms with Gasteiger partial charge in [0, 0.05) is 0 Å². The molecule has 0 atom stereocenters. The summed E-state index contributed by atoms with van der Waals surface area (Å²) in [5, 5.41) is 3.24. The molecule has 0 aromatic heterocycles. The van der Waals surface area contributed by atoms with Crippen LogP contribution in [0.3, 0.4) is 0 Å². The molecule has 0 amide bonds. The van der Waals surface area contributed by atoms with Crippen LogP contribution in [0.25, 0.3) is 0 Å². The van der Waals surface area contributed by atoms with E-state index in [9.17, 15) is 13.2 Å². The summed E-state index contributed by atoms with van der Waals surface area (Å²) in [6.45, 7) is 0.575. The van der Waals surface area contributed by atoms with Crippen LogP contribution in [0.5, 0.6) is 5.75 Å². The number of nitrogens with one attached hydrogen (secondary N) is 1. The lowest BCUT2D eigenvalue weighted by Gasteiger charge is -2.25. The number of piperidine rings is 1. The van der Waals surface area contributed by atoms with Crippen molar-refractivity contribution >= 4 is 12.4 Å². The molecular weight excluding hydrogens is 279 g/mol. The van der Waals surface area contributed by atoms with E-state index in [0.29, 0.717) is 5.75 Å². The van der Waals surface area contributed by atoms with Crippen LogP contribution in [-0.2, 0) is 0 Å². The fourth-order valence-electron chi connectivity index (χ4n) is 2.24. The minimum atomic E-state index is -4.29. The largest absolute Gasteiger partial charge is 0.484 e. The molecule has 1 aliphatic heterocycles. The fourth-order valence-corrected chi connectivity index (χ4v) is 2.24. The number of halogens is 4. The highest BCUT2D eigenvalue weighted by Crippen LogP contribution is 2.33. The van der Waals surface area contributed by atoms with Gasteiger partial charge >= 0.3 is 6.18 Å². The van der Waals surface area contributed by atoms with Gasteiger partial charge in [-0.25, -0.2) is 0 Å². The van der Waals surface area contributed by atoms with Crippen molar-refractivity contribution in [2.24, 2.45) is 0 Å². The fraction of sp³-hybridized carbons (Fsp3) is 0.538. The first kappa shape index (κ1) is 16.1. The Labute approximate surface area is 116 Å². The highest BCUT2D eigenvalue weighted by atomic mass is 35.5. The maximum absolute atomic E-state index is 12.2. The Hall–Kier alpha value is -0.940. The highest BCUT2D eigenvalue weighted by Gasteiger charge is 2.29. The van der Waals surface area contributed by atoms with Crippen LogP contribution < -0.4 is 10.1 Å². The molecule has 0 bridgehead atoms. The second-order valence-electron chi connectivity index (χ2n) is 4.47. The molecule has 1 fully saturated rings. The van der Waals surface area contributed by atoms with E-state index in [0.717, 1.165) is 31.5 Å². The molecule has 1 aliphatic rings. The minimum Gasteiger partial charge on any atom is -0.484 e. The van der Waals surface area contributed by atoms with E-state index < -0.39 is 12.8 Å². The van der Waals surface area contributed by atoms with Crippen molar-refractivity contribution in [1.29, 1.82) is 0 Å². The highest BCUT2D eigenvalue weighted by molar-refractivity contribution is 5.85. The van der Waals surface area contributed by atoms with Crippen LogP contribution in [0.2, 0.25) is 0 Å². The van der Waals surface area contributed by atoms with E-state index in [1.165, 1.54) is 0 Å². The van der Waals surface area contributed by atoms with E-state index in [1.807, 2.05) is 12.1 Å². The summed E-state index contributed by atoms with van der Waals surface area (Å²) in [4.78, 5) is 0. The van der Waals surface area contributed by atoms with Gasteiger partial charge in [-0.2, -0.15) is 13.2 Å². The molecule has 19 heavy (non-hydrogen) atoms. The molecule has 6 heteroatoms. The van der Waals surface area contributed by atoms with E-state index in [2.05, 4.69) is 5.32 Å². The van der Waals surface area contributed by atoms with Crippen molar-refractivity contribution in [3.63, 3.8) is 0 Å². The summed E-state index contributed by atoms with van der Waals surface area (Å²) >= 11 is 0. The average Bonchev–Trinajstić information content (AvgIpc) is 2.37. The third-order valence-electron chi connectivity index (χ3n) is 3.09. The van der Waals surface area contributed by atoms with Gasteiger partial charge < -0.3 is 10.1 Å². The number of hydrogen-bond acceptors (Lipinski definition) is 2. The van der Waals surface area contributed by atoms with E-state index in [1.54, 1.807) is 12.1 Å². The summed E-state index contributed by atoms with van der Waals surface area (Å²) in [6.07, 6.45) is -2.42. The summed E-state index contributed by atoms with van der Waals surface area (Å²) < 4.78 is 41.5. The van der Waals surface area contributed by atoms with Gasteiger partial charge in [0.2, 0.25) is 0 Å². The molecule has 0 unspecified atom stereocenters. The number of ether oxygens (including phenoxy) is 1. The van der Waals surface area contributed by atoms with Crippen molar-refractivity contribution in [3.05, 3.63) is 29.8 Å². The summed E-state index contributed by atoms with van der Waals surface area (Å²) in [5.41, 5.74) is 0.892. The van der Waals surface area contributed by atoms with Crippen LogP contribution in [0.1, 0.15) is 24.3 Å². The Morgan fingerprint density at radius 2 is 1.79 bits per heavy atom. The molecule has 0 saturated carbocycles. The first-order valence-electron chi connectivity index (χ1n) is 6.05. The van der Waals surface area contributed by atoms with Crippen molar-refractivity contribution in [2.75, 3.05) is 19.7 Å². The molecule has 1 aromatic rings. The number of para-hydroxylation sites is 1. The molecule has 1 heterocycles. The monoisotopic (exact) mass is 295 g/mol. The van der Waals surface area contributed by atoms with Crippen LogP contribution >= 0.6 is 12.4 Å². The first-order valence-corrected chi connectivity index (χ1v) is 6.05. The molecule has 1 saturated heterocycles. The van der Waals surface area contributed by atoms with Gasteiger partial charge in [0.05, 0.1) is 0 Å². The molecule has 0 radical (unpaired) electrons. The summed E-state index contributed by atoms with van der Waals surface area (Å²) in [7, 11) is 0. The van der Waals surface area contributed by atoms with Crippen LogP contribution in [0, 0.1) is 0 Å². The van der Waals surface area contributed by atoms with Crippen molar-refractivity contribution < 1.29 is 17.9 Å². The van der Waals surface area contributed by atoms with Crippen molar-refractivity contribution in [2.45, 2.75) is 24.9 Å². The lowest BCUT2D eigenvalue weighted by Crippen LogP contribution is -2.27. The molecule has 108 valence electrons. The lowest BCUT2D eigenvalue weighted by molar-refractivity contribution is -0.153. The second-order valence-corrected chi connectivity index (χ2v) is 4.47. The van der Waals surface area contributed by atoms with Gasteiger partial charge in [0.25, 0.3) is 0 Å². The van der Waals surface area contributed by atoms with Crippen LogP contribution in [-0.4, -0.2) is 25.9 Å². The zero-order valence-corrected chi connectivity index (χ0v) is 11.2. The van der Waals surface area contributed by atoms with Crippen molar-refractivity contribution in [1.82, 2.24) is 5.32 Å². The Morgan fingerprint density at radius 3 is 2.42 bits per heavy atom. The normalized spacial score (nSPS) is 16.8. The SMILES string of the molecule is Cl.FC(F)(F)COc1ccccc1C1CCNCC1. The maximum atomic E-state index is 12.2. The van der Waals surface area contributed by atoms with Gasteiger partial charge in [0.15, 0.2) is 6.61 Å². The van der Waals surface area contributed by atoms with Crippen LogP contribution in [0.4, 0.5) is 13.2 Å². The minimum absolute atomic E-state index is 0. The molecule has 0 spiro atoms. The Morgan fingerprint density at radius 1 is 1.16 bits per heavy atom. The molecular formula is C13H17ClF3NO. The van der Waals surface area contributed by atoms with E-state index >= 15 is 0 Å². The summed E-state index contributed by atoms with van der Waals surface area (Å²) in [6, 6.07) is 7.03. The van der Waals surface area contributed by atoms with Crippen molar-refractivity contribution in [3.8, 4) is 5.75 Å². The molecule has 2 nitrogen and oxygen atoms in total. The molecule has 1 N–H and O–H groups in total. The predicted molar refractivity (Wildman–Crippen MR) is 70.1 cm³/mol. The van der Waals surface area contributed by atoms with Gasteiger partial charge in [0.1, 0.15) is 5.75 Å². The quantitative estimate of drug-likeness (QED) is 0.921. The smallest absolute Gasteiger partial charge is 0.422 e. The summed E-state index contributed by atoms with van der Waals surface area (Å²) in [5.74, 6) is 0.650. The third kappa shape index (κ3) is 4.91. The zero-order chi connectivity index (χ0) is 13.0. The molecule has 2 rings (SSSR count). The number of benzene rings is 1. The molecule has 0 aliphatic carbocycles. The van der Waals surface area contributed by atoms with Gasteiger partial charge in [-0.1, -0.05) is 18.2 Å². The maximum Gasteiger partial charge on any atom is 0.422 e. The lowest BCUT2D eigenvalue weighted by atomic mass is 9.89. The standard InChI is InChI=1S/C13H16F3NO.ClH/c14-13(15,16)9-18-12-4-2-1-3-11(12)10-5-7-17-8-6-10;/h1-4,10,17H,5-9H2;1H. The number of rotatable bonds is 3. The third-order valence-corrected chi connectivity index (χ3v) is 3.09. The topological polar surface area (TPSA) is 21.3 Å². The Bertz CT molecular complexity index is 392. The molecule has 1 aromatic carbocycles. The first-order chi connectivity index (χ1) is 8.56. The van der Waals surface area contributed by atoms with Gasteiger partial charge in [-0.3, -0.25) is 0 Å². The average molecular weight is 296 g/mol. The number of hydrogen-bond donors (Lipinski definition) is 1. The van der Waals surface area contributed by atoms with Crippen LogP contribution in [0.15, 0.2) is 24.3 Å². The Balaban J connectivity index is 0.00000180. The Kier molecular flexibility index (Phi) is 5.94. The number of alkyl halides is 3. The van der Waals surface area contributed by atoms with E-state index in [4.69, 9.17) is 4.74 Å². The van der Waals surface area contributed by atoms with E-state index in [-0.39, 0.29) is 18.3 Å². The predicted octanol–water partition coefficient (Wildman–Crippen LogP) is 3.52. The second kappa shape index (κ2) is 7.01. The van der Waals surface area contributed by atoms with Gasteiger partial charge in [-0.05, 0) is 43.5 Å². The van der Waals surface area contributed by atoms with Gasteiger partial charge in [-0.15, -0.1) is 12.4 Å². The zero-order valence-electron chi connectivity index (χ0n) is 10.4.